The SMILES string of the molecule is Nc1cc(F)ccc1C(=O)Nc1ccc(Cl)cc1[N+](=O)[O-]. The first-order valence-electron chi connectivity index (χ1n) is 5.69. The highest BCUT2D eigenvalue weighted by Gasteiger charge is 2.18. The Bertz CT molecular complexity index is 737. The van der Waals surface area contributed by atoms with E-state index in [2.05, 4.69) is 5.32 Å². The van der Waals surface area contributed by atoms with E-state index in [1.165, 1.54) is 18.2 Å². The van der Waals surface area contributed by atoms with E-state index in [9.17, 15) is 19.3 Å². The monoisotopic (exact) mass is 309 g/mol. The molecular formula is C13H9ClFN3O3. The third kappa shape index (κ3) is 3.26. The molecule has 6 nitrogen and oxygen atoms in total. The molecule has 0 fully saturated rings. The summed E-state index contributed by atoms with van der Waals surface area (Å²) in [6.45, 7) is 0. The van der Waals surface area contributed by atoms with Gasteiger partial charge in [0.1, 0.15) is 11.5 Å². The van der Waals surface area contributed by atoms with Crippen LogP contribution in [0.3, 0.4) is 0 Å². The first-order chi connectivity index (χ1) is 9.88. The number of nitro benzene ring substituents is 1. The van der Waals surface area contributed by atoms with Crippen LogP contribution in [0.4, 0.5) is 21.5 Å². The molecule has 0 saturated carbocycles. The summed E-state index contributed by atoms with van der Waals surface area (Å²) in [5.41, 5.74) is 5.11. The Morgan fingerprint density at radius 2 is 2.00 bits per heavy atom. The van der Waals surface area contributed by atoms with Crippen LogP contribution in [0.5, 0.6) is 0 Å². The molecule has 0 aliphatic heterocycles. The number of nitrogens with one attached hydrogen (secondary N) is 1. The predicted octanol–water partition coefficient (Wildman–Crippen LogP) is 3.22. The van der Waals surface area contributed by atoms with Gasteiger partial charge in [0.15, 0.2) is 0 Å². The summed E-state index contributed by atoms with van der Waals surface area (Å²) in [5.74, 6) is -1.26. The van der Waals surface area contributed by atoms with Crippen molar-refractivity contribution in [1.82, 2.24) is 0 Å². The van der Waals surface area contributed by atoms with Gasteiger partial charge < -0.3 is 11.1 Å². The van der Waals surface area contributed by atoms with Gasteiger partial charge >= 0.3 is 0 Å². The Morgan fingerprint density at radius 1 is 1.29 bits per heavy atom. The van der Waals surface area contributed by atoms with Gasteiger partial charge in [0.25, 0.3) is 11.6 Å². The van der Waals surface area contributed by atoms with Crippen LogP contribution in [-0.2, 0) is 0 Å². The number of halogens is 2. The standard InChI is InChI=1S/C13H9ClFN3O3/c14-7-1-4-11(12(5-7)18(20)21)17-13(19)9-3-2-8(15)6-10(9)16/h1-6H,16H2,(H,17,19). The summed E-state index contributed by atoms with van der Waals surface area (Å²) in [6.07, 6.45) is 0. The molecule has 21 heavy (non-hydrogen) atoms. The summed E-state index contributed by atoms with van der Waals surface area (Å²) >= 11 is 5.68. The lowest BCUT2D eigenvalue weighted by Gasteiger charge is -2.08. The van der Waals surface area contributed by atoms with Crippen LogP contribution in [0.15, 0.2) is 36.4 Å². The predicted molar refractivity (Wildman–Crippen MR) is 76.9 cm³/mol. The number of benzene rings is 2. The zero-order chi connectivity index (χ0) is 15.6. The van der Waals surface area contributed by atoms with E-state index in [1.807, 2.05) is 0 Å². The molecule has 8 heteroatoms. The number of nitrogen functional groups attached to an aromatic ring is 1. The van der Waals surface area contributed by atoms with E-state index in [0.717, 1.165) is 18.2 Å². The largest absolute Gasteiger partial charge is 0.398 e. The molecule has 108 valence electrons. The Balaban J connectivity index is 2.34. The third-order valence-corrected chi connectivity index (χ3v) is 2.90. The van der Waals surface area contributed by atoms with Crippen molar-refractivity contribution in [2.24, 2.45) is 0 Å². The lowest BCUT2D eigenvalue weighted by Crippen LogP contribution is -2.15. The first-order valence-corrected chi connectivity index (χ1v) is 6.06. The maximum Gasteiger partial charge on any atom is 0.294 e. The Labute approximate surface area is 123 Å². The highest BCUT2D eigenvalue weighted by atomic mass is 35.5. The smallest absolute Gasteiger partial charge is 0.294 e. The number of amides is 1. The molecular weight excluding hydrogens is 301 g/mol. The second kappa shape index (κ2) is 5.76. The average molecular weight is 310 g/mol. The maximum atomic E-state index is 12.9. The Morgan fingerprint density at radius 3 is 2.62 bits per heavy atom. The molecule has 1 amide bonds. The van der Waals surface area contributed by atoms with Crippen LogP contribution in [0, 0.1) is 15.9 Å². The van der Waals surface area contributed by atoms with Gasteiger partial charge in [-0.3, -0.25) is 14.9 Å². The van der Waals surface area contributed by atoms with Gasteiger partial charge in [-0.2, -0.15) is 0 Å². The minimum Gasteiger partial charge on any atom is -0.398 e. The molecule has 0 bridgehead atoms. The first kappa shape index (κ1) is 14.7. The topological polar surface area (TPSA) is 98.3 Å². The number of carbonyl (C=O) groups excluding carboxylic acids is 1. The number of rotatable bonds is 3. The summed E-state index contributed by atoms with van der Waals surface area (Å²) in [5, 5.41) is 13.4. The minimum absolute atomic E-state index is 0.0145. The van der Waals surface area contributed by atoms with Crippen LogP contribution >= 0.6 is 11.6 Å². The van der Waals surface area contributed by atoms with Gasteiger partial charge in [-0.05, 0) is 30.3 Å². The van der Waals surface area contributed by atoms with Crippen molar-refractivity contribution in [2.75, 3.05) is 11.1 Å². The lowest BCUT2D eigenvalue weighted by molar-refractivity contribution is -0.383. The summed E-state index contributed by atoms with van der Waals surface area (Å²) in [7, 11) is 0. The molecule has 0 saturated heterocycles. The van der Waals surface area contributed by atoms with Crippen LogP contribution < -0.4 is 11.1 Å². The second-order valence-corrected chi connectivity index (χ2v) is 4.54. The van der Waals surface area contributed by atoms with E-state index in [1.54, 1.807) is 0 Å². The number of nitro groups is 1. The van der Waals surface area contributed by atoms with Crippen LogP contribution in [0.25, 0.3) is 0 Å². The van der Waals surface area contributed by atoms with Crippen molar-refractivity contribution >= 4 is 34.6 Å². The number of hydrogen-bond acceptors (Lipinski definition) is 4. The van der Waals surface area contributed by atoms with Gasteiger partial charge in [-0.25, -0.2) is 4.39 Å². The molecule has 0 aliphatic carbocycles. The highest BCUT2D eigenvalue weighted by molar-refractivity contribution is 6.31. The van der Waals surface area contributed by atoms with Crippen LogP contribution in [-0.4, -0.2) is 10.8 Å². The molecule has 2 aromatic rings. The zero-order valence-electron chi connectivity index (χ0n) is 10.5. The zero-order valence-corrected chi connectivity index (χ0v) is 11.2. The van der Waals surface area contributed by atoms with Crippen molar-refractivity contribution in [3.05, 3.63) is 62.9 Å². The van der Waals surface area contributed by atoms with Crippen LogP contribution in [0.1, 0.15) is 10.4 Å². The molecule has 2 aromatic carbocycles. The van der Waals surface area contributed by atoms with Gasteiger partial charge in [0.05, 0.1) is 10.5 Å². The molecule has 0 heterocycles. The van der Waals surface area contributed by atoms with Crippen molar-refractivity contribution in [3.8, 4) is 0 Å². The average Bonchev–Trinajstić information content (AvgIpc) is 2.40. The molecule has 0 aliphatic rings. The van der Waals surface area contributed by atoms with E-state index in [-0.39, 0.29) is 27.6 Å². The van der Waals surface area contributed by atoms with Gasteiger partial charge in [0.2, 0.25) is 0 Å². The minimum atomic E-state index is -0.682. The number of hydrogen-bond donors (Lipinski definition) is 2. The van der Waals surface area contributed by atoms with Gasteiger partial charge in [-0.15, -0.1) is 0 Å². The fraction of sp³-hybridized carbons (Fsp3) is 0. The second-order valence-electron chi connectivity index (χ2n) is 4.10. The van der Waals surface area contributed by atoms with Crippen molar-refractivity contribution in [2.45, 2.75) is 0 Å². The molecule has 2 rings (SSSR count). The molecule has 0 spiro atoms. The van der Waals surface area contributed by atoms with Crippen molar-refractivity contribution in [3.63, 3.8) is 0 Å². The van der Waals surface area contributed by atoms with E-state index in [4.69, 9.17) is 17.3 Å². The molecule has 0 radical (unpaired) electrons. The molecule has 3 N–H and O–H groups in total. The Kier molecular flexibility index (Phi) is 4.04. The number of anilines is 2. The molecule has 0 aromatic heterocycles. The number of nitrogens with two attached hydrogens (primary N) is 1. The van der Waals surface area contributed by atoms with E-state index >= 15 is 0 Å². The van der Waals surface area contributed by atoms with Gasteiger partial charge in [-0.1, -0.05) is 11.6 Å². The number of carbonyl (C=O) groups is 1. The molecule has 0 atom stereocenters. The van der Waals surface area contributed by atoms with Gasteiger partial charge in [0, 0.05) is 16.8 Å². The fourth-order valence-corrected chi connectivity index (χ4v) is 1.86. The fourth-order valence-electron chi connectivity index (χ4n) is 1.69. The summed E-state index contributed by atoms with van der Waals surface area (Å²) < 4.78 is 12.9. The van der Waals surface area contributed by atoms with Crippen LogP contribution in [0.2, 0.25) is 5.02 Å². The lowest BCUT2D eigenvalue weighted by atomic mass is 10.1. The summed E-state index contributed by atoms with van der Waals surface area (Å²) in [6, 6.07) is 7.08. The summed E-state index contributed by atoms with van der Waals surface area (Å²) in [4.78, 5) is 22.3. The van der Waals surface area contributed by atoms with Crippen molar-refractivity contribution < 1.29 is 14.1 Å². The molecule has 0 unspecified atom stereocenters. The maximum absolute atomic E-state index is 12.9. The number of nitrogens with zero attached hydrogens (tertiary/aromatic N) is 1. The normalized spacial score (nSPS) is 10.2. The highest BCUT2D eigenvalue weighted by Crippen LogP contribution is 2.28. The third-order valence-electron chi connectivity index (χ3n) is 2.66. The van der Waals surface area contributed by atoms with E-state index < -0.39 is 16.6 Å². The van der Waals surface area contributed by atoms with Crippen molar-refractivity contribution in [1.29, 1.82) is 0 Å². The quantitative estimate of drug-likeness (QED) is 0.516. The van der Waals surface area contributed by atoms with E-state index in [0.29, 0.717) is 0 Å². The Hall–Kier alpha value is -2.67.